The number of rotatable bonds is 13. The maximum atomic E-state index is 13.5. The zero-order valence-electron chi connectivity index (χ0n) is 25.3. The van der Waals surface area contributed by atoms with E-state index in [4.69, 9.17) is 14.2 Å². The van der Waals surface area contributed by atoms with Crippen molar-refractivity contribution in [2.24, 2.45) is 0 Å². The number of anilines is 1. The Morgan fingerprint density at radius 1 is 1.04 bits per heavy atom. The van der Waals surface area contributed by atoms with Gasteiger partial charge >= 0.3 is 5.97 Å². The maximum Gasteiger partial charge on any atom is 0.341 e. The van der Waals surface area contributed by atoms with Gasteiger partial charge in [0.2, 0.25) is 5.91 Å². The van der Waals surface area contributed by atoms with Gasteiger partial charge < -0.3 is 24.8 Å². The van der Waals surface area contributed by atoms with E-state index in [1.807, 2.05) is 42.5 Å². The van der Waals surface area contributed by atoms with Crippen LogP contribution in [-0.2, 0) is 33.7 Å². The van der Waals surface area contributed by atoms with Gasteiger partial charge in [-0.3, -0.25) is 14.2 Å². The van der Waals surface area contributed by atoms with Crippen LogP contribution in [0.2, 0.25) is 0 Å². The van der Waals surface area contributed by atoms with Gasteiger partial charge in [-0.25, -0.2) is 4.79 Å². The summed E-state index contributed by atoms with van der Waals surface area (Å²) < 4.78 is 18.3. The van der Waals surface area contributed by atoms with Crippen molar-refractivity contribution < 1.29 is 28.6 Å². The Labute approximate surface area is 269 Å². The Hall–Kier alpha value is -4.36. The number of thioether (sulfide) groups is 1. The molecule has 0 aliphatic heterocycles. The standard InChI is InChI=1S/C32H35N5O6S2/c1-4-42-31(40)28-22-14-8-11-17-25(22)45-30(28)34-29(39)20(2)44-32-36-35-26(37(32)23-15-9-10-16-24(23)41-3)18-33-27(38)19-43-21-12-6-5-7-13-21/h5-7,9-10,12-13,15-16,20H,4,8,11,14,17-19H2,1-3H3,(H,33,38)(H,34,39)/t20-/m1/s1. The van der Waals surface area contributed by atoms with E-state index in [1.54, 1.807) is 37.7 Å². The number of carbonyl (C=O) groups is 3. The van der Waals surface area contributed by atoms with E-state index < -0.39 is 11.2 Å². The SMILES string of the molecule is CCOC(=O)c1c(NC(=O)[C@@H](C)Sc2nnc(CNC(=O)COc3ccccc3)n2-c2ccccc2OC)sc2c1CCCC2. The topological polar surface area (TPSA) is 134 Å². The first-order valence-electron chi connectivity index (χ1n) is 14.7. The number of aryl methyl sites for hydroxylation is 1. The Kier molecular flexibility index (Phi) is 10.7. The predicted octanol–water partition coefficient (Wildman–Crippen LogP) is 5.21. The molecule has 2 aromatic heterocycles. The lowest BCUT2D eigenvalue weighted by Gasteiger charge is -2.16. The van der Waals surface area contributed by atoms with Crippen LogP contribution in [0.25, 0.3) is 5.69 Å². The fraction of sp³-hybridized carbons (Fsp3) is 0.344. The molecular weight excluding hydrogens is 615 g/mol. The van der Waals surface area contributed by atoms with E-state index >= 15 is 0 Å². The number of ether oxygens (including phenoxy) is 3. The Balaban J connectivity index is 1.34. The Morgan fingerprint density at radius 3 is 2.58 bits per heavy atom. The van der Waals surface area contributed by atoms with Crippen LogP contribution in [0.1, 0.15) is 53.3 Å². The molecule has 0 unspecified atom stereocenters. The summed E-state index contributed by atoms with van der Waals surface area (Å²) in [4.78, 5) is 40.1. The lowest BCUT2D eigenvalue weighted by atomic mass is 9.95. The number of amides is 2. The molecule has 0 bridgehead atoms. The molecule has 0 saturated carbocycles. The van der Waals surface area contributed by atoms with E-state index in [0.717, 1.165) is 36.1 Å². The molecule has 2 N–H and O–H groups in total. The number of esters is 1. The number of nitrogens with one attached hydrogen (secondary N) is 2. The fourth-order valence-electron chi connectivity index (χ4n) is 4.94. The van der Waals surface area contributed by atoms with Gasteiger partial charge in [-0.1, -0.05) is 42.1 Å². The van der Waals surface area contributed by atoms with Gasteiger partial charge in [0.05, 0.1) is 36.8 Å². The normalized spacial score (nSPS) is 13.0. The third kappa shape index (κ3) is 7.66. The number of carbonyl (C=O) groups excluding carboxylic acids is 3. The molecule has 2 heterocycles. The number of para-hydroxylation sites is 3. The summed E-state index contributed by atoms with van der Waals surface area (Å²) in [5, 5.41) is 14.9. The average Bonchev–Trinajstić information content (AvgIpc) is 3.63. The number of fused-ring (bicyclic) bond motifs is 1. The minimum absolute atomic E-state index is 0.0623. The highest BCUT2D eigenvalue weighted by Gasteiger charge is 2.29. The minimum Gasteiger partial charge on any atom is -0.495 e. The third-order valence-corrected chi connectivity index (χ3v) is 9.37. The van der Waals surface area contributed by atoms with E-state index in [0.29, 0.717) is 38.7 Å². The van der Waals surface area contributed by atoms with Crippen molar-refractivity contribution in [1.29, 1.82) is 0 Å². The van der Waals surface area contributed by atoms with E-state index in [-0.39, 0.29) is 31.6 Å². The van der Waals surface area contributed by atoms with Gasteiger partial charge in [0.25, 0.3) is 5.91 Å². The second-order valence-electron chi connectivity index (χ2n) is 10.2. The highest BCUT2D eigenvalue weighted by atomic mass is 32.2. The third-order valence-electron chi connectivity index (χ3n) is 7.12. The largest absolute Gasteiger partial charge is 0.495 e. The quantitative estimate of drug-likeness (QED) is 0.148. The molecule has 1 aliphatic carbocycles. The summed E-state index contributed by atoms with van der Waals surface area (Å²) in [6, 6.07) is 16.4. The van der Waals surface area contributed by atoms with E-state index in [2.05, 4.69) is 20.8 Å². The van der Waals surface area contributed by atoms with E-state index in [9.17, 15) is 14.4 Å². The molecule has 13 heteroatoms. The molecule has 11 nitrogen and oxygen atoms in total. The lowest BCUT2D eigenvalue weighted by molar-refractivity contribution is -0.123. The van der Waals surface area contributed by atoms with Crippen LogP contribution < -0.4 is 20.1 Å². The second kappa shape index (κ2) is 15.1. The number of benzene rings is 2. The van der Waals surface area contributed by atoms with Gasteiger partial charge in [-0.05, 0) is 69.4 Å². The average molecular weight is 650 g/mol. The molecule has 0 fully saturated rings. The van der Waals surface area contributed by atoms with Gasteiger partial charge in [0.15, 0.2) is 17.6 Å². The first-order chi connectivity index (χ1) is 21.9. The Morgan fingerprint density at radius 2 is 1.80 bits per heavy atom. The summed E-state index contributed by atoms with van der Waals surface area (Å²) in [6.07, 6.45) is 3.72. The number of hydrogen-bond donors (Lipinski definition) is 2. The Bertz CT molecular complexity index is 1650. The maximum absolute atomic E-state index is 13.5. The predicted molar refractivity (Wildman–Crippen MR) is 173 cm³/mol. The van der Waals surface area contributed by atoms with Crippen molar-refractivity contribution in [2.75, 3.05) is 25.6 Å². The minimum atomic E-state index is -0.612. The van der Waals surface area contributed by atoms with Crippen LogP contribution >= 0.6 is 23.1 Å². The molecular formula is C32H35N5O6S2. The number of methoxy groups -OCH3 is 1. The number of nitrogens with zero attached hydrogens (tertiary/aromatic N) is 3. The summed E-state index contributed by atoms with van der Waals surface area (Å²) in [5.74, 6) is 0.577. The summed E-state index contributed by atoms with van der Waals surface area (Å²) in [6.45, 7) is 3.69. The molecule has 236 valence electrons. The summed E-state index contributed by atoms with van der Waals surface area (Å²) in [5.41, 5.74) is 2.10. The highest BCUT2D eigenvalue weighted by Crippen LogP contribution is 2.39. The van der Waals surface area contributed by atoms with Crippen molar-refractivity contribution in [3.63, 3.8) is 0 Å². The molecule has 0 radical (unpaired) electrons. The van der Waals surface area contributed by atoms with Crippen molar-refractivity contribution in [3.8, 4) is 17.2 Å². The van der Waals surface area contributed by atoms with Crippen LogP contribution in [-0.4, -0.2) is 58.1 Å². The van der Waals surface area contributed by atoms with Gasteiger partial charge in [-0.2, -0.15) is 0 Å². The first-order valence-corrected chi connectivity index (χ1v) is 16.4. The summed E-state index contributed by atoms with van der Waals surface area (Å²) in [7, 11) is 1.57. The molecule has 5 rings (SSSR count). The smallest absolute Gasteiger partial charge is 0.341 e. The van der Waals surface area contributed by atoms with Crippen LogP contribution in [0.3, 0.4) is 0 Å². The van der Waals surface area contributed by atoms with Crippen molar-refractivity contribution in [2.45, 2.75) is 56.5 Å². The molecule has 0 saturated heterocycles. The molecule has 1 aliphatic rings. The molecule has 45 heavy (non-hydrogen) atoms. The molecule has 2 amide bonds. The zero-order valence-corrected chi connectivity index (χ0v) is 27.0. The van der Waals surface area contributed by atoms with Gasteiger partial charge in [0.1, 0.15) is 16.5 Å². The van der Waals surface area contributed by atoms with Gasteiger partial charge in [-0.15, -0.1) is 21.5 Å². The molecule has 4 aromatic rings. The van der Waals surface area contributed by atoms with Crippen LogP contribution in [0, 0.1) is 0 Å². The first kappa shape index (κ1) is 32.0. The van der Waals surface area contributed by atoms with Crippen molar-refractivity contribution >= 4 is 45.9 Å². The molecule has 0 spiro atoms. The fourth-order valence-corrected chi connectivity index (χ4v) is 7.10. The van der Waals surface area contributed by atoms with Crippen LogP contribution in [0.15, 0.2) is 59.8 Å². The van der Waals surface area contributed by atoms with Gasteiger partial charge in [0, 0.05) is 4.88 Å². The monoisotopic (exact) mass is 649 g/mol. The number of hydrogen-bond acceptors (Lipinski definition) is 10. The molecule has 1 atom stereocenters. The lowest BCUT2D eigenvalue weighted by Crippen LogP contribution is -2.29. The van der Waals surface area contributed by atoms with Crippen molar-refractivity contribution in [1.82, 2.24) is 20.1 Å². The number of aromatic nitrogens is 3. The van der Waals surface area contributed by atoms with Crippen LogP contribution in [0.5, 0.6) is 11.5 Å². The summed E-state index contributed by atoms with van der Waals surface area (Å²) >= 11 is 2.65. The highest BCUT2D eigenvalue weighted by molar-refractivity contribution is 8.00. The number of thiophene rings is 1. The molecule has 2 aromatic carbocycles. The van der Waals surface area contributed by atoms with Crippen molar-refractivity contribution in [3.05, 3.63) is 76.4 Å². The van der Waals surface area contributed by atoms with E-state index in [1.165, 1.54) is 23.1 Å². The zero-order chi connectivity index (χ0) is 31.8. The second-order valence-corrected chi connectivity index (χ2v) is 12.6. The van der Waals surface area contributed by atoms with Crippen LogP contribution in [0.4, 0.5) is 5.00 Å².